The number of alkyl halides is 1. The molecule has 1 unspecified atom stereocenters. The van der Waals surface area contributed by atoms with Crippen molar-refractivity contribution in [2.24, 2.45) is 11.8 Å². The number of pyridine rings is 1. The van der Waals surface area contributed by atoms with E-state index in [0.29, 0.717) is 43.8 Å². The number of piperazine rings is 1. The Morgan fingerprint density at radius 1 is 1.12 bits per heavy atom. The van der Waals surface area contributed by atoms with E-state index in [1.54, 1.807) is 4.90 Å². The molecule has 1 saturated carbocycles. The van der Waals surface area contributed by atoms with Crippen molar-refractivity contribution in [3.8, 4) is 0 Å². The summed E-state index contributed by atoms with van der Waals surface area (Å²) >= 11 is 0. The maximum atomic E-state index is 13.9. The van der Waals surface area contributed by atoms with Gasteiger partial charge in [0.15, 0.2) is 0 Å². The molecule has 9 nitrogen and oxygen atoms in total. The van der Waals surface area contributed by atoms with Crippen molar-refractivity contribution < 1.29 is 14.0 Å². The molecule has 0 radical (unpaired) electrons. The molecular formula is C31H49FN6O3. The average Bonchev–Trinajstić information content (AvgIpc) is 3.20. The van der Waals surface area contributed by atoms with Crippen LogP contribution >= 0.6 is 0 Å². The fourth-order valence-corrected chi connectivity index (χ4v) is 7.40. The Bertz CT molecular complexity index is 1160. The highest BCUT2D eigenvalue weighted by atomic mass is 19.1. The van der Waals surface area contributed by atoms with Crippen LogP contribution in [0.5, 0.6) is 0 Å². The number of hydrogen-bond donors (Lipinski definition) is 2. The zero-order valence-corrected chi connectivity index (χ0v) is 25.4. The van der Waals surface area contributed by atoms with Crippen molar-refractivity contribution in [1.82, 2.24) is 25.0 Å². The Morgan fingerprint density at radius 2 is 1.88 bits per heavy atom. The number of hydrogen-bond acceptors (Lipinski definition) is 6. The molecule has 1 aromatic rings. The lowest BCUT2D eigenvalue weighted by Crippen LogP contribution is -2.59. The molecule has 3 fully saturated rings. The van der Waals surface area contributed by atoms with Crippen molar-refractivity contribution >= 4 is 17.5 Å². The van der Waals surface area contributed by atoms with Gasteiger partial charge in [-0.15, -0.1) is 0 Å². The minimum absolute atomic E-state index is 0.0390. The molecule has 5 rings (SSSR count). The number of piperidine rings is 1. The number of likely N-dealkylation sites (tertiary alicyclic amines) is 1. The Labute approximate surface area is 243 Å². The number of nitrogens with zero attached hydrogens (tertiary/aromatic N) is 4. The van der Waals surface area contributed by atoms with Crippen molar-refractivity contribution in [1.29, 1.82) is 0 Å². The fourth-order valence-electron chi connectivity index (χ4n) is 7.40. The number of carbonyl (C=O) groups is 2. The Morgan fingerprint density at radius 3 is 2.61 bits per heavy atom. The average molecular weight is 573 g/mol. The minimum Gasteiger partial charge on any atom is -0.349 e. The number of nitrogens with one attached hydrogen (secondary N) is 2. The molecule has 0 spiro atoms. The first-order valence-electron chi connectivity index (χ1n) is 15.6. The normalized spacial score (nSPS) is 28.9. The third kappa shape index (κ3) is 6.86. The van der Waals surface area contributed by atoms with Crippen LogP contribution in [0.25, 0.3) is 0 Å². The van der Waals surface area contributed by atoms with E-state index in [1.165, 1.54) is 0 Å². The number of rotatable bonds is 7. The van der Waals surface area contributed by atoms with Crippen molar-refractivity contribution in [2.45, 2.75) is 76.4 Å². The van der Waals surface area contributed by atoms with Crippen LogP contribution in [0.1, 0.15) is 63.6 Å². The van der Waals surface area contributed by atoms with Crippen LogP contribution in [0.2, 0.25) is 0 Å². The van der Waals surface area contributed by atoms with Crippen LogP contribution in [-0.2, 0) is 21.4 Å². The summed E-state index contributed by atoms with van der Waals surface area (Å²) in [5.74, 6) is 0.603. The molecule has 3 aliphatic heterocycles. The van der Waals surface area contributed by atoms with E-state index in [1.807, 2.05) is 25.1 Å². The van der Waals surface area contributed by atoms with Gasteiger partial charge in [0.25, 0.3) is 5.56 Å². The lowest BCUT2D eigenvalue weighted by Gasteiger charge is -2.41. The van der Waals surface area contributed by atoms with Crippen LogP contribution in [0.3, 0.4) is 0 Å². The molecule has 2 atom stereocenters. The van der Waals surface area contributed by atoms with Gasteiger partial charge < -0.3 is 25.0 Å². The second-order valence-corrected chi connectivity index (χ2v) is 13.7. The van der Waals surface area contributed by atoms with Crippen LogP contribution in [0.15, 0.2) is 10.9 Å². The van der Waals surface area contributed by atoms with Gasteiger partial charge in [0.2, 0.25) is 11.8 Å². The predicted molar refractivity (Wildman–Crippen MR) is 159 cm³/mol. The minimum atomic E-state index is -0.718. The summed E-state index contributed by atoms with van der Waals surface area (Å²) in [6.07, 6.45) is 4.61. The van der Waals surface area contributed by atoms with Crippen LogP contribution in [-0.4, -0.2) is 110 Å². The lowest BCUT2D eigenvalue weighted by atomic mass is 9.84. The smallest absolute Gasteiger partial charge is 0.251 e. The van der Waals surface area contributed by atoms with Crippen LogP contribution < -0.4 is 15.8 Å². The molecule has 2 amide bonds. The number of H-pyrrole nitrogens is 1. The number of amides is 2. The number of carbonyl (C=O) groups excluding carboxylic acids is 2. The maximum absolute atomic E-state index is 13.9. The van der Waals surface area contributed by atoms with Gasteiger partial charge in [0.1, 0.15) is 6.17 Å². The van der Waals surface area contributed by atoms with Crippen LogP contribution in [0.4, 0.5) is 10.1 Å². The first kappa shape index (κ1) is 30.2. The monoisotopic (exact) mass is 572 g/mol. The van der Waals surface area contributed by atoms with Gasteiger partial charge in [-0.05, 0) is 63.5 Å². The highest BCUT2D eigenvalue weighted by Crippen LogP contribution is 2.39. The zero-order chi connectivity index (χ0) is 29.3. The molecule has 41 heavy (non-hydrogen) atoms. The molecule has 1 aliphatic carbocycles. The molecule has 0 aromatic carbocycles. The summed E-state index contributed by atoms with van der Waals surface area (Å²) in [5.41, 5.74) is 1.92. The van der Waals surface area contributed by atoms with E-state index < -0.39 is 6.17 Å². The SMILES string of the molecule is CN(C)C(=O)[C@H]1CCCN(CC2CNCCN2CC(=O)N2CC(C)(C)c3[nH]c(=O)c(CC4CCC(F)CC4)cc32)C1. The van der Waals surface area contributed by atoms with E-state index in [-0.39, 0.29) is 34.7 Å². The van der Waals surface area contributed by atoms with E-state index in [2.05, 4.69) is 33.9 Å². The third-order valence-electron chi connectivity index (χ3n) is 9.78. The van der Waals surface area contributed by atoms with Gasteiger partial charge in [0, 0.05) is 76.1 Å². The predicted octanol–water partition coefficient (Wildman–Crippen LogP) is 2.14. The Hall–Kier alpha value is -2.30. The molecule has 10 heteroatoms. The number of fused-ring (bicyclic) bond motifs is 1. The standard InChI is InChI=1S/C31H49FN6O3/c1-31(2)20-38(26-15-23(29(40)34-28(26)31)14-21-7-9-24(32)10-8-21)27(39)19-37-13-11-33-16-25(37)18-36-12-5-6-22(17-36)30(41)35(3)4/h15,21-22,24-25,33H,5-14,16-20H2,1-4H3,(H,34,40)/t21?,22-,24?,25?/m0/s1. The summed E-state index contributed by atoms with van der Waals surface area (Å²) in [4.78, 5) is 51.0. The first-order chi connectivity index (χ1) is 19.5. The number of aromatic nitrogens is 1. The Balaban J connectivity index is 1.27. The first-order valence-corrected chi connectivity index (χ1v) is 15.6. The highest BCUT2D eigenvalue weighted by molar-refractivity contribution is 5.97. The molecular weight excluding hydrogens is 523 g/mol. The highest BCUT2D eigenvalue weighted by Gasteiger charge is 2.41. The largest absolute Gasteiger partial charge is 0.349 e. The second-order valence-electron chi connectivity index (χ2n) is 13.7. The zero-order valence-electron chi connectivity index (χ0n) is 25.4. The number of halogens is 1. The molecule has 1 aromatic heterocycles. The summed E-state index contributed by atoms with van der Waals surface area (Å²) in [7, 11) is 3.65. The lowest BCUT2D eigenvalue weighted by molar-refractivity contribution is -0.134. The molecule has 4 heterocycles. The summed E-state index contributed by atoms with van der Waals surface area (Å²) in [6, 6.07) is 2.13. The fraction of sp³-hybridized carbons (Fsp3) is 0.774. The third-order valence-corrected chi connectivity index (χ3v) is 9.78. The van der Waals surface area contributed by atoms with E-state index in [4.69, 9.17) is 0 Å². The second kappa shape index (κ2) is 12.5. The summed E-state index contributed by atoms with van der Waals surface area (Å²) < 4.78 is 13.7. The Kier molecular flexibility index (Phi) is 9.21. The van der Waals surface area contributed by atoms with Crippen molar-refractivity contribution in [3.05, 3.63) is 27.7 Å². The van der Waals surface area contributed by atoms with Gasteiger partial charge >= 0.3 is 0 Å². The molecule has 228 valence electrons. The van der Waals surface area contributed by atoms with Crippen molar-refractivity contribution in [3.63, 3.8) is 0 Å². The van der Waals surface area contributed by atoms with Gasteiger partial charge in [-0.25, -0.2) is 4.39 Å². The van der Waals surface area contributed by atoms with E-state index in [0.717, 1.165) is 76.3 Å². The molecule has 0 bridgehead atoms. The van der Waals surface area contributed by atoms with Gasteiger partial charge in [0.05, 0.1) is 18.2 Å². The van der Waals surface area contributed by atoms with Gasteiger partial charge in [-0.1, -0.05) is 13.8 Å². The molecule has 2 saturated heterocycles. The quantitative estimate of drug-likeness (QED) is 0.521. The number of aromatic amines is 1. The molecule has 2 N–H and O–H groups in total. The summed E-state index contributed by atoms with van der Waals surface area (Å²) in [6.45, 7) is 10.0. The van der Waals surface area contributed by atoms with Gasteiger partial charge in [-0.3, -0.25) is 19.3 Å². The molecule has 4 aliphatic rings. The van der Waals surface area contributed by atoms with Gasteiger partial charge in [-0.2, -0.15) is 0 Å². The summed E-state index contributed by atoms with van der Waals surface area (Å²) in [5, 5.41) is 3.50. The van der Waals surface area contributed by atoms with E-state index in [9.17, 15) is 18.8 Å². The van der Waals surface area contributed by atoms with E-state index >= 15 is 0 Å². The maximum Gasteiger partial charge on any atom is 0.251 e. The van der Waals surface area contributed by atoms with Crippen molar-refractivity contribution in [2.75, 3.05) is 71.4 Å². The number of anilines is 1. The topological polar surface area (TPSA) is 92.0 Å². The van der Waals surface area contributed by atoms with Crippen LogP contribution in [0, 0.1) is 11.8 Å².